The zero-order chi connectivity index (χ0) is 70.5. The van der Waals surface area contributed by atoms with Crippen molar-refractivity contribution in [3.8, 4) is 5.75 Å². The lowest BCUT2D eigenvalue weighted by Gasteiger charge is -2.31. The minimum atomic E-state index is -2.05. The van der Waals surface area contributed by atoms with Gasteiger partial charge in [0, 0.05) is 44.2 Å². The Kier molecular flexibility index (Phi) is 28.8. The first-order chi connectivity index (χ1) is 44.3. The topological polar surface area (TPSA) is 550 Å². The lowest BCUT2D eigenvalue weighted by atomic mass is 10.0. The van der Waals surface area contributed by atoms with Crippen LogP contribution in [0.1, 0.15) is 76.3 Å². The molecule has 2 fully saturated rings. The van der Waals surface area contributed by atoms with E-state index in [1.165, 1.54) is 24.3 Å². The number of carboxylic acids is 1. The maximum atomic E-state index is 14.9. The van der Waals surface area contributed by atoms with Gasteiger partial charge in [-0.3, -0.25) is 71.9 Å². The van der Waals surface area contributed by atoms with Crippen molar-refractivity contribution in [1.82, 2.24) is 58.1 Å². The van der Waals surface area contributed by atoms with Crippen LogP contribution in [-0.4, -0.2) is 203 Å². The van der Waals surface area contributed by atoms with Crippen LogP contribution in [0.4, 0.5) is 0 Å². The van der Waals surface area contributed by atoms with Crippen molar-refractivity contribution in [2.24, 2.45) is 28.7 Å². The molecular weight excluding hydrogens is 1210 g/mol. The van der Waals surface area contributed by atoms with Crippen LogP contribution in [0, 0.1) is 0 Å². The minimum Gasteiger partial charge on any atom is -0.508 e. The number of phenols is 1. The first-order valence-corrected chi connectivity index (χ1v) is 30.0. The van der Waals surface area contributed by atoms with Gasteiger partial charge in [-0.25, -0.2) is 0 Å². The number of nitrogens with zero attached hydrogens (tertiary/aromatic N) is 1. The first kappa shape index (κ1) is 65.9. The Hall–Kier alpha value is -9.09. The Morgan fingerprint density at radius 1 is 0.674 bits per heavy atom. The predicted octanol–water partition coefficient (Wildman–Crippen LogP) is -6.89. The summed E-state index contributed by atoms with van der Waals surface area (Å²) < 4.78 is 42.0. The number of unbranched alkanes of at least 4 members (excludes halogenated alkanes) is 1. The monoisotopic (exact) mass is 1290 g/mol. The number of aromatic hydroxyl groups is 1. The highest BCUT2D eigenvalue weighted by molar-refractivity contribution is 8.76. The summed E-state index contributed by atoms with van der Waals surface area (Å²) in [5.41, 5.74) is 26.9. The molecule has 0 aromatic heterocycles. The van der Waals surface area contributed by atoms with Gasteiger partial charge in [-0.2, -0.15) is 0 Å². The fraction of sp³-hybridized carbons (Fsp3) is 0.500. The number of benzene rings is 2. The molecule has 2 saturated heterocycles. The van der Waals surface area contributed by atoms with Crippen molar-refractivity contribution >= 4 is 110 Å². The summed E-state index contributed by atoms with van der Waals surface area (Å²) in [6.07, 6.45) is -2.55. The van der Waals surface area contributed by atoms with E-state index in [1.807, 2.05) is 0 Å². The maximum absolute atomic E-state index is 14.9. The van der Waals surface area contributed by atoms with Crippen LogP contribution in [0.5, 0.6) is 5.75 Å². The van der Waals surface area contributed by atoms with E-state index < -0.39 is 243 Å². The number of phenolic OH excluding ortho intramolecular Hbond substituents is 1. The lowest BCUT2D eigenvalue weighted by Crippen LogP contribution is -2.61. The summed E-state index contributed by atoms with van der Waals surface area (Å²) in [5.74, 6) is -16.3. The van der Waals surface area contributed by atoms with Gasteiger partial charge in [0.2, 0.25) is 82.7 Å². The fourth-order valence-corrected chi connectivity index (χ4v) is 10.7. The normalized spacial score (nSPS) is 21.3. The number of primary amides is 3. The number of carboxylic acid groups (broad SMARTS) is 1. The van der Waals surface area contributed by atoms with Crippen LogP contribution in [0.15, 0.2) is 54.5 Å². The molecule has 2 aromatic rings. The molecule has 0 radical (unpaired) electrons. The van der Waals surface area contributed by atoms with E-state index in [2.05, 4.69) is 53.2 Å². The van der Waals surface area contributed by atoms with Gasteiger partial charge >= 0.3 is 0 Å². The molecule has 35 heteroatoms. The molecule has 488 valence electrons. The van der Waals surface area contributed by atoms with Gasteiger partial charge in [-0.15, -0.1) is 0 Å². The van der Waals surface area contributed by atoms with Crippen molar-refractivity contribution in [3.63, 3.8) is 0 Å². The van der Waals surface area contributed by atoms with Crippen molar-refractivity contribution in [2.75, 3.05) is 50.8 Å². The molecule has 2 aromatic carbocycles. The highest BCUT2D eigenvalue weighted by atomic mass is 33.1. The summed E-state index contributed by atoms with van der Waals surface area (Å²) in [5, 5.41) is 41.4. The van der Waals surface area contributed by atoms with Crippen LogP contribution in [0.2, 0.25) is 0 Å². The van der Waals surface area contributed by atoms with Crippen LogP contribution in [0.25, 0.3) is 0 Å². The lowest BCUT2D eigenvalue weighted by molar-refractivity contribution is -0.142. The third-order valence-corrected chi connectivity index (χ3v) is 15.1. The molecule has 22 N–H and O–H groups in total. The number of carbonyl (C=O) groups is 15. The molecule has 4 rings (SSSR count). The van der Waals surface area contributed by atoms with Crippen molar-refractivity contribution in [2.45, 2.75) is 119 Å². The molecule has 0 bridgehead atoms. The largest absolute Gasteiger partial charge is 0.508 e. The molecule has 8 atom stereocenters. The maximum Gasteiger partial charge on any atom is 0.300 e. The van der Waals surface area contributed by atoms with Crippen LogP contribution in [0.3, 0.4) is 0 Å². The number of rotatable bonds is 25. The fourth-order valence-electron chi connectivity index (χ4n) is 8.35. The van der Waals surface area contributed by atoms with Gasteiger partial charge in [0.15, 0.2) is 0 Å². The molecule has 0 spiro atoms. The van der Waals surface area contributed by atoms with Crippen molar-refractivity contribution in [3.05, 3.63) is 65.6 Å². The zero-order valence-corrected chi connectivity index (χ0v) is 50.0. The molecule has 2 heterocycles. The van der Waals surface area contributed by atoms with Crippen molar-refractivity contribution < 1.29 is 89.0 Å². The smallest absolute Gasteiger partial charge is 0.300 e. The molecule has 14 amide bonds. The Bertz CT molecular complexity index is 3110. The number of hydrogen-bond donors (Lipinski definition) is 17. The predicted molar refractivity (Wildman–Crippen MR) is 321 cm³/mol. The van der Waals surface area contributed by atoms with Crippen LogP contribution < -0.4 is 81.8 Å². The minimum absolute atomic E-state index is 0.0335. The van der Waals surface area contributed by atoms with Crippen LogP contribution in [-0.2, 0) is 84.8 Å². The van der Waals surface area contributed by atoms with E-state index in [0.29, 0.717) is 12.8 Å². The number of carbonyl (C=O) groups excluding carboxylic acids is 14. The summed E-state index contributed by atoms with van der Waals surface area (Å²) in [6.45, 7) is -1.19. The van der Waals surface area contributed by atoms with E-state index in [1.54, 1.807) is 0 Å². The SMILES string of the molecule is CC(=O)O.[2H]c1c([2H])c([2H])c(C[C@@H]2NC(=O)[C@H](Cc3ccc(O)cc3)NC(=O)[C@@H](NC(=O)CNC(=O)CNC(=O)CN)CSSC[C@@H](C(=O)N3CCC[C@H]3C(=O)N[C@@H](CCCCN)C(=O)NCC(N)=O)NC(=O)[C@H](CC(N)=O)NC(=O)[C@H](CCC(N)=O)NC2=O)c([2H])c1[2H]. The van der Waals surface area contributed by atoms with E-state index in [-0.39, 0.29) is 43.7 Å². The third-order valence-electron chi connectivity index (χ3n) is 12.7. The summed E-state index contributed by atoms with van der Waals surface area (Å²) in [6, 6.07) is -12.6. The summed E-state index contributed by atoms with van der Waals surface area (Å²) in [4.78, 5) is 200. The standard InChI is InChI=1S/C52H74N16O15S2.C2H4O2/c53-17-5-4-9-31(45(76)60-23-41(57)72)63-51(82)38-10-6-18-68(38)52(83)37-27-85-84-26-36(61-44(75)25-59-43(74)24-58-42(73)22-54)50(81)65-34(20-29-11-13-30(69)14-12-29)48(79)64-33(19-28-7-2-1-3-8-28)47(78)62-32(15-16-39(55)70)46(77)66-35(21-40(56)71)49(80)67-37;1-2(3)4/h1-3,7-8,11-14,31-38,69H,4-6,9-10,15-27,53-54H2,(H2,55,70)(H2,56,71)(H2,57,72)(H,58,73)(H,59,74)(H,60,76)(H,61,75)(H,62,78)(H,63,82)(H,64,79)(H,65,81)(H,66,77)(H,67,80);1H3,(H,3,4)/t31-,32-,33-,34-,35-,36-,37-,38-;/m0./s1/i1D,2D,3D,7D,8D;. The van der Waals surface area contributed by atoms with Gasteiger partial charge in [0.05, 0.1) is 39.5 Å². The highest BCUT2D eigenvalue weighted by Crippen LogP contribution is 2.26. The molecule has 0 saturated carbocycles. The number of likely N-dealkylation sites (tertiary alicyclic amines) is 1. The Morgan fingerprint density at radius 3 is 1.84 bits per heavy atom. The van der Waals surface area contributed by atoms with Crippen LogP contribution >= 0.6 is 21.6 Å². The zero-order valence-electron chi connectivity index (χ0n) is 53.3. The molecular formula is C54H78N16O17S2. The molecule has 2 aliphatic heterocycles. The van der Waals surface area contributed by atoms with Gasteiger partial charge in [0.1, 0.15) is 54.1 Å². The van der Waals surface area contributed by atoms with Gasteiger partial charge in [-0.05, 0) is 68.3 Å². The molecule has 2 aliphatic rings. The Labute approximate surface area is 525 Å². The van der Waals surface area contributed by atoms with Crippen molar-refractivity contribution in [1.29, 1.82) is 0 Å². The average Bonchev–Trinajstić information content (AvgIpc) is 0.823. The average molecular weight is 1290 g/mol. The second-order valence-corrected chi connectivity index (χ2v) is 22.4. The van der Waals surface area contributed by atoms with Gasteiger partial charge < -0.3 is 96.9 Å². The Balaban J connectivity index is 0.00000559. The number of aliphatic carboxylic acids is 1. The highest BCUT2D eigenvalue weighted by Gasteiger charge is 2.41. The molecule has 89 heavy (non-hydrogen) atoms. The number of nitrogens with two attached hydrogens (primary N) is 5. The van der Waals surface area contributed by atoms with E-state index in [4.69, 9.17) is 45.4 Å². The van der Waals surface area contributed by atoms with E-state index in [0.717, 1.165) is 33.4 Å². The number of nitrogens with one attached hydrogen (secondary N) is 10. The summed E-state index contributed by atoms with van der Waals surface area (Å²) >= 11 is 0. The second-order valence-electron chi connectivity index (χ2n) is 19.8. The van der Waals surface area contributed by atoms with Gasteiger partial charge in [0.25, 0.3) is 5.97 Å². The Morgan fingerprint density at radius 2 is 1.24 bits per heavy atom. The third kappa shape index (κ3) is 28.1. The van der Waals surface area contributed by atoms with E-state index in [9.17, 15) is 72.2 Å². The first-order valence-electron chi connectivity index (χ1n) is 30.0. The van der Waals surface area contributed by atoms with Gasteiger partial charge in [-0.1, -0.05) is 63.9 Å². The number of amides is 14. The summed E-state index contributed by atoms with van der Waals surface area (Å²) in [7, 11) is 1.60. The molecule has 33 nitrogen and oxygen atoms in total. The second kappa shape index (κ2) is 38.9. The quantitative estimate of drug-likeness (QED) is 0.0324. The molecule has 0 aliphatic carbocycles. The van der Waals surface area contributed by atoms with E-state index >= 15 is 0 Å². The number of hydrogen-bond acceptors (Lipinski definition) is 20. The molecule has 0 unspecified atom stereocenters.